The van der Waals surface area contributed by atoms with E-state index in [4.69, 9.17) is 4.74 Å². The molecule has 32 heavy (non-hydrogen) atoms. The van der Waals surface area contributed by atoms with Crippen LogP contribution in [0, 0.1) is 17.6 Å². The van der Waals surface area contributed by atoms with Crippen molar-refractivity contribution in [1.82, 2.24) is 9.78 Å². The maximum atomic E-state index is 14.0. The lowest BCUT2D eigenvalue weighted by atomic mass is 9.89. The van der Waals surface area contributed by atoms with Gasteiger partial charge in [-0.05, 0) is 49.1 Å². The second-order valence-corrected chi connectivity index (χ2v) is 8.22. The van der Waals surface area contributed by atoms with Gasteiger partial charge in [-0.1, -0.05) is 19.9 Å². The van der Waals surface area contributed by atoms with Crippen molar-refractivity contribution >= 4 is 22.4 Å². The second kappa shape index (κ2) is 8.70. The van der Waals surface area contributed by atoms with E-state index in [1.54, 1.807) is 30.8 Å². The fraction of sp³-hybridized carbons (Fsp3) is 0.333. The fourth-order valence-electron chi connectivity index (χ4n) is 4.00. The number of aliphatic hydroxyl groups is 1. The summed E-state index contributed by atoms with van der Waals surface area (Å²) in [7, 11) is 0. The van der Waals surface area contributed by atoms with Crippen LogP contribution in [0.3, 0.4) is 0 Å². The van der Waals surface area contributed by atoms with Crippen LogP contribution in [0.5, 0.6) is 0 Å². The number of aromatic nitrogens is 2. The van der Waals surface area contributed by atoms with E-state index in [9.17, 15) is 23.8 Å². The smallest absolute Gasteiger partial charge is 0.336 e. The van der Waals surface area contributed by atoms with Crippen LogP contribution in [0.1, 0.15) is 60.8 Å². The molecule has 0 radical (unpaired) electrons. The zero-order valence-corrected chi connectivity index (χ0v) is 17.8. The summed E-state index contributed by atoms with van der Waals surface area (Å²) in [5.41, 5.74) is 1.03. The Balaban J connectivity index is 1.95. The van der Waals surface area contributed by atoms with Gasteiger partial charge in [-0.3, -0.25) is 0 Å². The highest BCUT2D eigenvalue weighted by Crippen LogP contribution is 2.36. The number of ether oxygens (including phenoxy) is 1. The van der Waals surface area contributed by atoms with E-state index in [1.807, 2.05) is 0 Å². The van der Waals surface area contributed by atoms with Crippen molar-refractivity contribution in [2.75, 3.05) is 6.61 Å². The monoisotopic (exact) mass is 442 g/mol. The van der Waals surface area contributed by atoms with Gasteiger partial charge < -0.3 is 14.9 Å². The molecule has 1 saturated heterocycles. The number of rotatable bonds is 5. The van der Waals surface area contributed by atoms with Crippen LogP contribution in [0.15, 0.2) is 42.3 Å². The number of halogens is 2. The predicted octanol–water partition coefficient (Wildman–Crippen LogP) is 5.69. The lowest BCUT2D eigenvalue weighted by molar-refractivity contribution is -0.0366. The van der Waals surface area contributed by atoms with Gasteiger partial charge in [-0.15, -0.1) is 0 Å². The van der Waals surface area contributed by atoms with Crippen LogP contribution in [-0.2, 0) is 4.74 Å². The molecule has 1 unspecified atom stereocenters. The van der Waals surface area contributed by atoms with Crippen molar-refractivity contribution < 1.29 is 28.5 Å². The van der Waals surface area contributed by atoms with Gasteiger partial charge in [0.05, 0.1) is 17.3 Å². The molecule has 2 aromatic carbocycles. The number of allylic oxidation sites excluding steroid dienone is 1. The Bertz CT molecular complexity index is 1210. The minimum absolute atomic E-state index is 0.0815. The number of fused-ring (bicyclic) bond motifs is 1. The summed E-state index contributed by atoms with van der Waals surface area (Å²) in [4.78, 5) is 12.2. The highest BCUT2D eigenvalue weighted by atomic mass is 19.2. The summed E-state index contributed by atoms with van der Waals surface area (Å²) in [5.74, 6) is -3.83. The molecular weight excluding hydrogens is 418 g/mol. The quantitative estimate of drug-likeness (QED) is 0.496. The third kappa shape index (κ3) is 3.98. The third-order valence-corrected chi connectivity index (χ3v) is 5.67. The molecule has 2 heterocycles. The summed E-state index contributed by atoms with van der Waals surface area (Å²) < 4.78 is 35.0. The van der Waals surface area contributed by atoms with E-state index in [2.05, 4.69) is 5.10 Å². The average Bonchev–Trinajstić information content (AvgIpc) is 3.19. The predicted molar refractivity (Wildman–Crippen MR) is 115 cm³/mol. The first-order valence-electron chi connectivity index (χ1n) is 10.5. The van der Waals surface area contributed by atoms with Crippen LogP contribution >= 0.6 is 0 Å². The maximum absolute atomic E-state index is 14.0. The third-order valence-electron chi connectivity index (χ3n) is 5.67. The largest absolute Gasteiger partial charge is 0.511 e. The molecule has 0 spiro atoms. The number of hydrogen-bond donors (Lipinski definition) is 2. The molecule has 2 N–H and O–H groups in total. The number of carboxylic acid groups (broad SMARTS) is 1. The minimum Gasteiger partial charge on any atom is -0.511 e. The molecule has 1 aliphatic rings. The lowest BCUT2D eigenvalue weighted by Gasteiger charge is -2.23. The van der Waals surface area contributed by atoms with Crippen molar-refractivity contribution in [2.45, 2.75) is 39.3 Å². The van der Waals surface area contributed by atoms with Crippen molar-refractivity contribution in [3.63, 3.8) is 0 Å². The first-order valence-corrected chi connectivity index (χ1v) is 10.5. The molecule has 1 aromatic heterocycles. The van der Waals surface area contributed by atoms with Crippen LogP contribution in [0.4, 0.5) is 8.78 Å². The second-order valence-electron chi connectivity index (χ2n) is 8.22. The summed E-state index contributed by atoms with van der Waals surface area (Å²) in [6.45, 7) is 4.07. The zero-order chi connectivity index (χ0) is 23.0. The molecule has 0 amide bonds. The van der Waals surface area contributed by atoms with Crippen molar-refractivity contribution in [3.05, 3.63) is 70.6 Å². The van der Waals surface area contributed by atoms with Crippen LogP contribution in [0.25, 0.3) is 16.5 Å². The maximum Gasteiger partial charge on any atom is 0.336 e. The normalized spacial score (nSPS) is 17.6. The summed E-state index contributed by atoms with van der Waals surface area (Å²) in [6.07, 6.45) is 4.06. The Morgan fingerprint density at radius 1 is 1.12 bits per heavy atom. The molecule has 1 fully saturated rings. The van der Waals surface area contributed by atoms with Crippen LogP contribution in [-0.4, -0.2) is 32.6 Å². The lowest BCUT2D eigenvalue weighted by Crippen LogP contribution is -2.19. The minimum atomic E-state index is -1.21. The van der Waals surface area contributed by atoms with Crippen LogP contribution < -0.4 is 0 Å². The highest BCUT2D eigenvalue weighted by Gasteiger charge is 2.25. The zero-order valence-electron chi connectivity index (χ0n) is 17.8. The summed E-state index contributed by atoms with van der Waals surface area (Å²) in [5, 5.41) is 25.9. The molecule has 3 aromatic rings. The number of carboxylic acids is 1. The summed E-state index contributed by atoms with van der Waals surface area (Å²) in [6, 6.07) is 6.33. The standard InChI is InChI=1S/C24H24F2N2O4/c1-13(2)23(29)22(14-6-7-18(25)19(26)10-14)16-9-15-12-27-28(21-5-3-4-8-32-21)20(15)11-17(16)24(30)31/h6-7,9-13,21,29H,3-5,8H2,1-2H3,(H,30,31)/b23-22-. The van der Waals surface area contributed by atoms with E-state index in [0.29, 0.717) is 17.5 Å². The van der Waals surface area contributed by atoms with Crippen molar-refractivity contribution in [2.24, 2.45) is 5.92 Å². The SMILES string of the molecule is CC(C)/C(O)=C(\c1ccc(F)c(F)c1)c1cc2cnn(C3CCCCO3)c2cc1C(=O)O. The number of aliphatic hydroxyl groups excluding tert-OH is 1. The number of aromatic carboxylic acids is 1. The average molecular weight is 442 g/mol. The van der Waals surface area contributed by atoms with E-state index in [-0.39, 0.29) is 40.2 Å². The van der Waals surface area contributed by atoms with E-state index in [0.717, 1.165) is 31.4 Å². The Kier molecular flexibility index (Phi) is 5.97. The van der Waals surface area contributed by atoms with Crippen molar-refractivity contribution in [1.29, 1.82) is 0 Å². The topological polar surface area (TPSA) is 84.6 Å². The molecule has 1 atom stereocenters. The number of carbonyl (C=O) groups is 1. The van der Waals surface area contributed by atoms with E-state index in [1.165, 1.54) is 12.1 Å². The Labute approximate surface area is 183 Å². The molecule has 168 valence electrons. The fourth-order valence-corrected chi connectivity index (χ4v) is 4.00. The Hall–Kier alpha value is -3.26. The number of benzene rings is 2. The van der Waals surface area contributed by atoms with Gasteiger partial charge >= 0.3 is 5.97 Å². The molecule has 1 aliphatic heterocycles. The first kappa shape index (κ1) is 22.0. The van der Waals surface area contributed by atoms with E-state index >= 15 is 0 Å². The molecular formula is C24H24F2N2O4. The van der Waals surface area contributed by atoms with Gasteiger partial charge in [-0.25, -0.2) is 18.3 Å². The number of hydrogen-bond acceptors (Lipinski definition) is 4. The molecule has 0 saturated carbocycles. The Morgan fingerprint density at radius 3 is 2.53 bits per heavy atom. The molecule has 4 rings (SSSR count). The van der Waals surface area contributed by atoms with Gasteiger partial charge in [0.1, 0.15) is 5.76 Å². The van der Waals surface area contributed by atoms with Gasteiger partial charge in [0.25, 0.3) is 0 Å². The summed E-state index contributed by atoms with van der Waals surface area (Å²) >= 11 is 0. The molecule has 8 heteroatoms. The van der Waals surface area contributed by atoms with Gasteiger partial charge in [-0.2, -0.15) is 5.10 Å². The van der Waals surface area contributed by atoms with Gasteiger partial charge in [0.2, 0.25) is 0 Å². The van der Waals surface area contributed by atoms with Crippen molar-refractivity contribution in [3.8, 4) is 0 Å². The molecule has 0 aliphatic carbocycles. The first-order chi connectivity index (χ1) is 15.3. The van der Waals surface area contributed by atoms with Gasteiger partial charge in [0, 0.05) is 29.0 Å². The van der Waals surface area contributed by atoms with E-state index < -0.39 is 17.6 Å². The number of nitrogens with zero attached hydrogens (tertiary/aromatic N) is 2. The van der Waals surface area contributed by atoms with Crippen LogP contribution in [0.2, 0.25) is 0 Å². The molecule has 6 nitrogen and oxygen atoms in total. The van der Waals surface area contributed by atoms with Gasteiger partial charge in [0.15, 0.2) is 17.9 Å². The Morgan fingerprint density at radius 2 is 1.91 bits per heavy atom. The highest BCUT2D eigenvalue weighted by molar-refractivity contribution is 6.02. The molecule has 0 bridgehead atoms.